The molecule has 0 saturated carbocycles. The Labute approximate surface area is 175 Å². The van der Waals surface area contributed by atoms with Crippen molar-refractivity contribution in [3.05, 3.63) is 70.7 Å². The van der Waals surface area contributed by atoms with Crippen LogP contribution in [0.3, 0.4) is 0 Å². The Morgan fingerprint density at radius 1 is 1.10 bits per heavy atom. The van der Waals surface area contributed by atoms with Crippen LogP contribution < -0.4 is 11.1 Å². The fourth-order valence-electron chi connectivity index (χ4n) is 2.87. The van der Waals surface area contributed by atoms with Gasteiger partial charge in [-0.15, -0.1) is 10.2 Å². The lowest BCUT2D eigenvalue weighted by molar-refractivity contribution is 0.0996. The first-order valence-electron chi connectivity index (χ1n) is 8.49. The number of hydrogen-bond acceptors (Lipinski definition) is 5. The van der Waals surface area contributed by atoms with Crippen molar-refractivity contribution in [1.29, 1.82) is 0 Å². The Morgan fingerprint density at radius 2 is 1.79 bits per heavy atom. The number of carbonyl (C=O) groups is 1. The van der Waals surface area contributed by atoms with E-state index in [1.54, 1.807) is 30.7 Å². The molecule has 1 amide bonds. The van der Waals surface area contributed by atoms with E-state index in [1.165, 1.54) is 4.68 Å². The second-order valence-corrected chi connectivity index (χ2v) is 7.05. The zero-order valence-electron chi connectivity index (χ0n) is 15.2. The monoisotopic (exact) mass is 427 g/mol. The summed E-state index contributed by atoms with van der Waals surface area (Å²) in [5.41, 5.74) is 8.11. The first kappa shape index (κ1) is 19.0. The molecule has 0 aliphatic carbocycles. The lowest BCUT2D eigenvalue weighted by atomic mass is 10.2. The summed E-state index contributed by atoms with van der Waals surface area (Å²) in [6.45, 7) is 0. The Kier molecular flexibility index (Phi) is 4.96. The van der Waals surface area contributed by atoms with Gasteiger partial charge in [0.25, 0.3) is 5.91 Å². The van der Waals surface area contributed by atoms with Crippen LogP contribution in [0.25, 0.3) is 17.1 Å². The standard InChI is InChI=1S/C19H15Cl2N7O/c1-27-10-23-25-19(27)11-5-7-12(8-6-11)24-15-9-28(26-16(15)18(22)29)17-13(20)3-2-4-14(17)21/h2-10,24H,1H3,(H2,22,29). The summed E-state index contributed by atoms with van der Waals surface area (Å²) in [7, 11) is 1.87. The van der Waals surface area contributed by atoms with Crippen LogP contribution in [0.2, 0.25) is 10.0 Å². The first-order valence-corrected chi connectivity index (χ1v) is 9.25. The Morgan fingerprint density at radius 3 is 2.38 bits per heavy atom. The van der Waals surface area contributed by atoms with Crippen molar-refractivity contribution in [1.82, 2.24) is 24.5 Å². The third-order valence-corrected chi connectivity index (χ3v) is 4.86. The number of nitrogens with one attached hydrogen (secondary N) is 1. The van der Waals surface area contributed by atoms with Crippen LogP contribution >= 0.6 is 23.2 Å². The van der Waals surface area contributed by atoms with Crippen LogP contribution in [0.1, 0.15) is 10.5 Å². The van der Waals surface area contributed by atoms with Crippen LogP contribution in [0.5, 0.6) is 0 Å². The number of primary amides is 1. The maximum absolute atomic E-state index is 11.9. The molecule has 0 unspecified atom stereocenters. The molecule has 0 aliphatic heterocycles. The molecular weight excluding hydrogens is 413 g/mol. The van der Waals surface area contributed by atoms with Crippen molar-refractivity contribution in [3.63, 3.8) is 0 Å². The van der Waals surface area contributed by atoms with E-state index in [2.05, 4.69) is 20.6 Å². The Balaban J connectivity index is 1.67. The molecule has 0 spiro atoms. The van der Waals surface area contributed by atoms with Gasteiger partial charge in [-0.05, 0) is 36.4 Å². The van der Waals surface area contributed by atoms with E-state index in [4.69, 9.17) is 28.9 Å². The fraction of sp³-hybridized carbons (Fsp3) is 0.0526. The van der Waals surface area contributed by atoms with Crippen molar-refractivity contribution < 1.29 is 4.79 Å². The van der Waals surface area contributed by atoms with Crippen LogP contribution in [0, 0.1) is 0 Å². The van der Waals surface area contributed by atoms with Crippen molar-refractivity contribution in [3.8, 4) is 17.1 Å². The quantitative estimate of drug-likeness (QED) is 0.503. The van der Waals surface area contributed by atoms with Gasteiger partial charge in [-0.25, -0.2) is 4.68 Å². The third-order valence-electron chi connectivity index (χ3n) is 4.25. The van der Waals surface area contributed by atoms with Crippen molar-refractivity contribution in [2.45, 2.75) is 0 Å². The number of aryl methyl sites for hydroxylation is 1. The normalized spacial score (nSPS) is 10.9. The van der Waals surface area contributed by atoms with Gasteiger partial charge in [0.05, 0.1) is 21.9 Å². The number of rotatable bonds is 5. The molecular formula is C19H15Cl2N7O. The van der Waals surface area contributed by atoms with Crippen molar-refractivity contribution >= 4 is 40.5 Å². The van der Waals surface area contributed by atoms with Gasteiger partial charge >= 0.3 is 0 Å². The maximum atomic E-state index is 11.9. The maximum Gasteiger partial charge on any atom is 0.271 e. The van der Waals surface area contributed by atoms with Gasteiger partial charge in [0.1, 0.15) is 12.0 Å². The van der Waals surface area contributed by atoms with Gasteiger partial charge < -0.3 is 15.6 Å². The number of aromatic nitrogens is 5. The molecule has 4 aromatic rings. The summed E-state index contributed by atoms with van der Waals surface area (Å²) in [5, 5.41) is 16.2. The smallest absolute Gasteiger partial charge is 0.271 e. The number of para-hydroxylation sites is 1. The Bertz CT molecular complexity index is 1180. The van der Waals surface area contributed by atoms with E-state index < -0.39 is 5.91 Å². The van der Waals surface area contributed by atoms with Crippen LogP contribution in [0.4, 0.5) is 11.4 Å². The predicted molar refractivity (Wildman–Crippen MR) is 112 cm³/mol. The minimum atomic E-state index is -0.676. The van der Waals surface area contributed by atoms with E-state index in [9.17, 15) is 4.79 Å². The van der Waals surface area contributed by atoms with Crippen molar-refractivity contribution in [2.75, 3.05) is 5.32 Å². The second kappa shape index (κ2) is 7.57. The summed E-state index contributed by atoms with van der Waals surface area (Å²) in [6, 6.07) is 12.6. The number of carbonyl (C=O) groups excluding carboxylic acids is 1. The topological polar surface area (TPSA) is 104 Å². The molecule has 29 heavy (non-hydrogen) atoms. The number of nitrogens with zero attached hydrogens (tertiary/aromatic N) is 5. The van der Waals surface area contributed by atoms with Gasteiger partial charge in [0, 0.05) is 18.3 Å². The molecule has 0 atom stereocenters. The molecule has 0 fully saturated rings. The fourth-order valence-corrected chi connectivity index (χ4v) is 3.44. The highest BCUT2D eigenvalue weighted by Crippen LogP contribution is 2.30. The highest BCUT2D eigenvalue weighted by molar-refractivity contribution is 6.37. The lowest BCUT2D eigenvalue weighted by Gasteiger charge is -2.07. The minimum absolute atomic E-state index is 0.0679. The molecule has 4 rings (SSSR count). The van der Waals surface area contributed by atoms with E-state index in [1.807, 2.05) is 35.9 Å². The van der Waals surface area contributed by atoms with E-state index in [-0.39, 0.29) is 5.69 Å². The van der Waals surface area contributed by atoms with Crippen LogP contribution in [-0.4, -0.2) is 30.5 Å². The van der Waals surface area contributed by atoms with Gasteiger partial charge in [-0.3, -0.25) is 4.79 Å². The number of nitrogens with two attached hydrogens (primary N) is 1. The molecule has 2 heterocycles. The molecule has 2 aromatic heterocycles. The first-order chi connectivity index (χ1) is 13.9. The van der Waals surface area contributed by atoms with Crippen LogP contribution in [0.15, 0.2) is 55.0 Å². The molecule has 10 heteroatoms. The van der Waals surface area contributed by atoms with Gasteiger partial charge in [0.15, 0.2) is 11.5 Å². The lowest BCUT2D eigenvalue weighted by Crippen LogP contribution is -2.14. The van der Waals surface area contributed by atoms with E-state index in [0.717, 1.165) is 17.1 Å². The number of amides is 1. The molecule has 0 aliphatic rings. The Hall–Kier alpha value is -3.36. The summed E-state index contributed by atoms with van der Waals surface area (Å²) in [4.78, 5) is 11.9. The number of benzene rings is 2. The minimum Gasteiger partial charge on any atom is -0.364 e. The zero-order chi connectivity index (χ0) is 20.5. The summed E-state index contributed by atoms with van der Waals surface area (Å²) in [6.07, 6.45) is 3.25. The number of halogens is 2. The molecule has 146 valence electrons. The predicted octanol–water partition coefficient (Wildman–Crippen LogP) is 3.82. The number of hydrogen-bond donors (Lipinski definition) is 2. The van der Waals surface area contributed by atoms with Gasteiger partial charge in [-0.2, -0.15) is 5.10 Å². The third kappa shape index (κ3) is 3.67. The second-order valence-electron chi connectivity index (χ2n) is 6.24. The molecule has 3 N–H and O–H groups in total. The summed E-state index contributed by atoms with van der Waals surface area (Å²) < 4.78 is 3.26. The summed E-state index contributed by atoms with van der Waals surface area (Å²) in [5.74, 6) is 0.0701. The largest absolute Gasteiger partial charge is 0.364 e. The van der Waals surface area contributed by atoms with Gasteiger partial charge in [0.2, 0.25) is 0 Å². The van der Waals surface area contributed by atoms with Gasteiger partial charge in [-0.1, -0.05) is 29.3 Å². The zero-order valence-corrected chi connectivity index (χ0v) is 16.7. The number of anilines is 2. The average molecular weight is 428 g/mol. The summed E-state index contributed by atoms with van der Waals surface area (Å²) >= 11 is 12.5. The van der Waals surface area contributed by atoms with E-state index >= 15 is 0 Å². The average Bonchev–Trinajstić information content (AvgIpc) is 3.29. The highest BCUT2D eigenvalue weighted by atomic mass is 35.5. The SMILES string of the molecule is Cn1cnnc1-c1ccc(Nc2cn(-c3c(Cl)cccc3Cl)nc2C(N)=O)cc1. The molecule has 0 saturated heterocycles. The molecule has 8 nitrogen and oxygen atoms in total. The highest BCUT2D eigenvalue weighted by Gasteiger charge is 2.18. The molecule has 2 aromatic carbocycles. The molecule has 0 bridgehead atoms. The van der Waals surface area contributed by atoms with Crippen molar-refractivity contribution in [2.24, 2.45) is 12.8 Å². The molecule has 0 radical (unpaired) electrons. The van der Waals surface area contributed by atoms with E-state index in [0.29, 0.717) is 21.4 Å². The van der Waals surface area contributed by atoms with Crippen LogP contribution in [-0.2, 0) is 7.05 Å².